The minimum atomic E-state index is -0.461. The SMILES string of the molecule is COC(=O)C1=CC2=NC(=S)N(CCC(C)C)C(=O)C2C=C1. The lowest BCUT2D eigenvalue weighted by molar-refractivity contribution is -0.135. The van der Waals surface area contributed by atoms with E-state index >= 15 is 0 Å². The highest BCUT2D eigenvalue weighted by molar-refractivity contribution is 7.80. The van der Waals surface area contributed by atoms with Crippen LogP contribution in [0.3, 0.4) is 0 Å². The van der Waals surface area contributed by atoms with Gasteiger partial charge < -0.3 is 4.74 Å². The summed E-state index contributed by atoms with van der Waals surface area (Å²) in [5.41, 5.74) is 0.882. The van der Waals surface area contributed by atoms with Crippen LogP contribution in [0.5, 0.6) is 0 Å². The monoisotopic (exact) mass is 306 g/mol. The Balaban J connectivity index is 2.23. The molecule has 1 atom stereocenters. The highest BCUT2D eigenvalue weighted by atomic mass is 32.1. The number of methoxy groups -OCH3 is 1. The molecule has 1 aliphatic carbocycles. The van der Waals surface area contributed by atoms with Crippen molar-refractivity contribution in [2.24, 2.45) is 16.8 Å². The molecule has 1 amide bonds. The van der Waals surface area contributed by atoms with Crippen molar-refractivity contribution in [3.8, 4) is 0 Å². The van der Waals surface area contributed by atoms with Gasteiger partial charge in [0.25, 0.3) is 0 Å². The molecule has 112 valence electrons. The van der Waals surface area contributed by atoms with E-state index in [1.54, 1.807) is 23.1 Å². The van der Waals surface area contributed by atoms with E-state index in [0.29, 0.717) is 23.7 Å². The minimum absolute atomic E-state index is 0.0814. The second-order valence-corrected chi connectivity index (χ2v) is 5.78. The largest absolute Gasteiger partial charge is 0.465 e. The molecule has 1 unspecified atom stereocenters. The van der Waals surface area contributed by atoms with Crippen LogP contribution >= 0.6 is 12.2 Å². The van der Waals surface area contributed by atoms with Crippen molar-refractivity contribution >= 4 is 34.9 Å². The van der Waals surface area contributed by atoms with Gasteiger partial charge in [-0.2, -0.15) is 0 Å². The molecular formula is C15H18N2O3S. The molecule has 5 nitrogen and oxygen atoms in total. The van der Waals surface area contributed by atoms with Crippen molar-refractivity contribution in [1.29, 1.82) is 0 Å². The van der Waals surface area contributed by atoms with Gasteiger partial charge in [0.05, 0.1) is 24.3 Å². The first-order valence-electron chi connectivity index (χ1n) is 6.86. The molecule has 0 aromatic heterocycles. The third-order valence-corrected chi connectivity index (χ3v) is 3.74. The van der Waals surface area contributed by atoms with E-state index in [9.17, 15) is 9.59 Å². The van der Waals surface area contributed by atoms with Crippen molar-refractivity contribution < 1.29 is 14.3 Å². The first kappa shape index (κ1) is 15.6. The number of amides is 1. The van der Waals surface area contributed by atoms with Gasteiger partial charge in [0.1, 0.15) is 0 Å². The van der Waals surface area contributed by atoms with Crippen molar-refractivity contribution in [2.75, 3.05) is 13.7 Å². The molecule has 21 heavy (non-hydrogen) atoms. The maximum atomic E-state index is 12.5. The Bertz CT molecular complexity index is 575. The molecule has 0 saturated heterocycles. The van der Waals surface area contributed by atoms with E-state index in [1.807, 2.05) is 0 Å². The van der Waals surface area contributed by atoms with E-state index in [4.69, 9.17) is 12.2 Å². The van der Waals surface area contributed by atoms with Crippen molar-refractivity contribution in [2.45, 2.75) is 20.3 Å². The number of nitrogens with zero attached hydrogens (tertiary/aromatic N) is 2. The number of carbonyl (C=O) groups is 2. The zero-order chi connectivity index (χ0) is 15.6. The van der Waals surface area contributed by atoms with Crippen LogP contribution in [0.4, 0.5) is 0 Å². The van der Waals surface area contributed by atoms with Gasteiger partial charge in [-0.05, 0) is 30.6 Å². The number of ether oxygens (including phenoxy) is 1. The molecule has 6 heteroatoms. The second kappa shape index (κ2) is 6.30. The van der Waals surface area contributed by atoms with Crippen LogP contribution in [0.1, 0.15) is 20.3 Å². The minimum Gasteiger partial charge on any atom is -0.465 e. The lowest BCUT2D eigenvalue weighted by Gasteiger charge is -2.31. The smallest absolute Gasteiger partial charge is 0.337 e. The number of allylic oxidation sites excluding steroid dienone is 1. The van der Waals surface area contributed by atoms with Gasteiger partial charge in [0.2, 0.25) is 11.0 Å². The van der Waals surface area contributed by atoms with Crippen LogP contribution < -0.4 is 0 Å². The molecule has 0 radical (unpaired) electrons. The lowest BCUT2D eigenvalue weighted by atomic mass is 9.92. The van der Waals surface area contributed by atoms with Gasteiger partial charge in [0.15, 0.2) is 0 Å². The van der Waals surface area contributed by atoms with Crippen LogP contribution in [0.25, 0.3) is 0 Å². The van der Waals surface area contributed by atoms with E-state index in [0.717, 1.165) is 6.42 Å². The third-order valence-electron chi connectivity index (χ3n) is 3.43. The van der Waals surface area contributed by atoms with Crippen LogP contribution in [-0.4, -0.2) is 41.3 Å². The van der Waals surface area contributed by atoms with E-state index in [2.05, 4.69) is 23.6 Å². The van der Waals surface area contributed by atoms with E-state index in [1.165, 1.54) is 7.11 Å². The van der Waals surface area contributed by atoms with Gasteiger partial charge >= 0.3 is 5.97 Å². The van der Waals surface area contributed by atoms with Crippen molar-refractivity contribution in [3.63, 3.8) is 0 Å². The molecule has 0 N–H and O–H groups in total. The van der Waals surface area contributed by atoms with E-state index in [-0.39, 0.29) is 11.0 Å². The fraction of sp³-hybridized carbons (Fsp3) is 0.467. The van der Waals surface area contributed by atoms with Crippen LogP contribution in [0.2, 0.25) is 0 Å². The molecule has 0 bridgehead atoms. The zero-order valence-electron chi connectivity index (χ0n) is 12.3. The normalized spacial score (nSPS) is 21.1. The average Bonchev–Trinajstić information content (AvgIpc) is 2.45. The maximum Gasteiger partial charge on any atom is 0.337 e. The molecular weight excluding hydrogens is 288 g/mol. The lowest BCUT2D eigenvalue weighted by Crippen LogP contribution is -2.46. The van der Waals surface area contributed by atoms with Crippen LogP contribution in [0, 0.1) is 11.8 Å². The average molecular weight is 306 g/mol. The number of rotatable bonds is 4. The maximum absolute atomic E-state index is 12.5. The summed E-state index contributed by atoms with van der Waals surface area (Å²) < 4.78 is 4.67. The number of esters is 1. The summed E-state index contributed by atoms with van der Waals surface area (Å²) in [6.07, 6.45) is 5.72. The molecule has 2 rings (SSSR count). The summed E-state index contributed by atoms with van der Waals surface area (Å²) in [6, 6.07) is 0. The molecule has 0 aromatic carbocycles. The number of fused-ring (bicyclic) bond motifs is 1. The van der Waals surface area contributed by atoms with Gasteiger partial charge in [0, 0.05) is 6.54 Å². The molecule has 0 saturated carbocycles. The van der Waals surface area contributed by atoms with Crippen LogP contribution in [-0.2, 0) is 14.3 Å². The van der Waals surface area contributed by atoms with Gasteiger partial charge in [-0.25, -0.2) is 9.79 Å². The fourth-order valence-electron chi connectivity index (χ4n) is 2.18. The quantitative estimate of drug-likeness (QED) is 0.588. The number of thiocarbonyl (C=S) groups is 1. The molecule has 1 aliphatic heterocycles. The predicted molar refractivity (Wildman–Crippen MR) is 83.9 cm³/mol. The Morgan fingerprint density at radius 1 is 1.52 bits per heavy atom. The van der Waals surface area contributed by atoms with Gasteiger partial charge in [-0.15, -0.1) is 0 Å². The summed E-state index contributed by atoms with van der Waals surface area (Å²) in [4.78, 5) is 29.9. The highest BCUT2D eigenvalue weighted by Gasteiger charge is 2.35. The summed E-state index contributed by atoms with van der Waals surface area (Å²) >= 11 is 5.21. The summed E-state index contributed by atoms with van der Waals surface area (Å²) in [6.45, 7) is 4.76. The van der Waals surface area contributed by atoms with Crippen LogP contribution in [0.15, 0.2) is 28.8 Å². The molecule has 0 fully saturated rings. The highest BCUT2D eigenvalue weighted by Crippen LogP contribution is 2.23. The van der Waals surface area contributed by atoms with Crippen molar-refractivity contribution in [1.82, 2.24) is 4.90 Å². The first-order valence-corrected chi connectivity index (χ1v) is 7.27. The summed E-state index contributed by atoms with van der Waals surface area (Å²) in [5, 5.41) is 0.266. The molecule has 0 spiro atoms. The Kier molecular flexibility index (Phi) is 4.67. The molecule has 0 aromatic rings. The molecule has 2 aliphatic rings. The standard InChI is InChI=1S/C15H18N2O3S/c1-9(2)6-7-17-13(18)11-5-4-10(14(19)20-3)8-12(11)16-15(17)21/h4-5,8-9,11H,6-7H2,1-3H3. The Morgan fingerprint density at radius 3 is 2.86 bits per heavy atom. The predicted octanol–water partition coefficient (Wildman–Crippen LogP) is 1.89. The Labute approximate surface area is 129 Å². The Morgan fingerprint density at radius 2 is 2.24 bits per heavy atom. The number of carbonyl (C=O) groups excluding carboxylic acids is 2. The number of hydrogen-bond acceptors (Lipinski definition) is 4. The topological polar surface area (TPSA) is 59.0 Å². The van der Waals surface area contributed by atoms with Gasteiger partial charge in [-0.3, -0.25) is 9.69 Å². The fourth-order valence-corrected chi connectivity index (χ4v) is 2.46. The third kappa shape index (κ3) is 3.26. The summed E-state index contributed by atoms with van der Waals surface area (Å²) in [7, 11) is 1.31. The zero-order valence-corrected chi connectivity index (χ0v) is 13.1. The van der Waals surface area contributed by atoms with E-state index < -0.39 is 11.9 Å². The first-order chi connectivity index (χ1) is 9.93. The summed E-state index contributed by atoms with van der Waals surface area (Å²) in [5.74, 6) is -0.508. The second-order valence-electron chi connectivity index (χ2n) is 5.42. The van der Waals surface area contributed by atoms with Crippen molar-refractivity contribution in [3.05, 3.63) is 23.8 Å². The Hall–Kier alpha value is -1.82. The number of hydrogen-bond donors (Lipinski definition) is 0. The van der Waals surface area contributed by atoms with Gasteiger partial charge in [-0.1, -0.05) is 26.0 Å². The molecule has 1 heterocycles. The number of aliphatic imine (C=N–C) groups is 1.